The van der Waals surface area contributed by atoms with Gasteiger partial charge in [-0.3, -0.25) is 9.36 Å². The van der Waals surface area contributed by atoms with E-state index in [2.05, 4.69) is 129 Å². The zero-order chi connectivity index (χ0) is 66.9. The molecule has 0 heterocycles. The van der Waals surface area contributed by atoms with E-state index in [4.69, 9.17) is 9.05 Å². The van der Waals surface area contributed by atoms with Crippen molar-refractivity contribution in [1.82, 2.24) is 5.32 Å². The molecule has 8 nitrogen and oxygen atoms in total. The lowest BCUT2D eigenvalue weighted by Crippen LogP contribution is -2.46. The number of quaternary nitrogens is 1. The van der Waals surface area contributed by atoms with Gasteiger partial charge in [0.1, 0.15) is 13.2 Å². The minimum atomic E-state index is -4.59. The Balaban J connectivity index is 4.02. The van der Waals surface area contributed by atoms with Gasteiger partial charge in [-0.05, 0) is 83.5 Å². The Labute approximate surface area is 572 Å². The van der Waals surface area contributed by atoms with Gasteiger partial charge in [0.25, 0.3) is 7.82 Å². The number of allylic oxidation sites excluding steroid dienone is 18. The Bertz CT molecular complexity index is 1870. The number of rotatable bonds is 72. The number of likely N-dealkylation sites (N-methyl/N-ethyl adjacent to an activating group) is 1. The van der Waals surface area contributed by atoms with Gasteiger partial charge >= 0.3 is 0 Å². The molecule has 0 rings (SSSR count). The van der Waals surface area contributed by atoms with Crippen LogP contribution in [0.5, 0.6) is 0 Å². The highest BCUT2D eigenvalue weighted by atomic mass is 31.2. The third-order valence-electron chi connectivity index (χ3n) is 17.5. The number of hydrogen-bond donors (Lipinski definition) is 2. The van der Waals surface area contributed by atoms with Gasteiger partial charge in [-0.2, -0.15) is 0 Å². The first-order chi connectivity index (χ1) is 45.0. The summed E-state index contributed by atoms with van der Waals surface area (Å²) in [6.45, 7) is 4.64. The van der Waals surface area contributed by atoms with Crippen molar-refractivity contribution in [3.63, 3.8) is 0 Å². The number of nitrogens with zero attached hydrogens (tertiary/aromatic N) is 1. The predicted molar refractivity (Wildman–Crippen MR) is 403 cm³/mol. The van der Waals surface area contributed by atoms with E-state index in [0.717, 1.165) is 96.3 Å². The molecule has 3 unspecified atom stereocenters. The average molecular weight is 1300 g/mol. The van der Waals surface area contributed by atoms with E-state index in [9.17, 15) is 19.4 Å². The van der Waals surface area contributed by atoms with Crippen molar-refractivity contribution >= 4 is 13.7 Å². The topological polar surface area (TPSA) is 108 Å². The van der Waals surface area contributed by atoms with Gasteiger partial charge in [-0.1, -0.05) is 380 Å². The molecular weight excluding hydrogens is 1150 g/mol. The molecule has 0 aromatic carbocycles. The first kappa shape index (κ1) is 89.2. The first-order valence-electron chi connectivity index (χ1n) is 39.2. The van der Waals surface area contributed by atoms with Crippen LogP contribution in [-0.2, 0) is 18.4 Å². The van der Waals surface area contributed by atoms with Gasteiger partial charge in [-0.15, -0.1) is 0 Å². The summed E-state index contributed by atoms with van der Waals surface area (Å²) in [4.78, 5) is 25.7. The quantitative estimate of drug-likeness (QED) is 0.0272. The van der Waals surface area contributed by atoms with Crippen molar-refractivity contribution in [2.24, 2.45) is 0 Å². The van der Waals surface area contributed by atoms with Crippen LogP contribution in [0.1, 0.15) is 361 Å². The third kappa shape index (κ3) is 74.6. The monoisotopic (exact) mass is 1300 g/mol. The molecule has 2 N–H and O–H groups in total. The number of aliphatic hydroxyl groups excluding tert-OH is 1. The van der Waals surface area contributed by atoms with Crippen LogP contribution in [0.3, 0.4) is 0 Å². The van der Waals surface area contributed by atoms with Crippen molar-refractivity contribution in [3.8, 4) is 0 Å². The van der Waals surface area contributed by atoms with Crippen molar-refractivity contribution in [3.05, 3.63) is 109 Å². The molecule has 0 bridgehead atoms. The van der Waals surface area contributed by atoms with Gasteiger partial charge < -0.3 is 28.8 Å². The molecule has 0 aromatic rings. The molecule has 0 aliphatic rings. The zero-order valence-electron chi connectivity index (χ0n) is 61.2. The summed E-state index contributed by atoms with van der Waals surface area (Å²) in [6, 6.07) is -0.811. The van der Waals surface area contributed by atoms with Gasteiger partial charge in [0.15, 0.2) is 0 Å². The van der Waals surface area contributed by atoms with Gasteiger partial charge in [0.05, 0.1) is 39.9 Å². The summed E-state index contributed by atoms with van der Waals surface area (Å²) < 4.78 is 23.6. The molecule has 0 aliphatic heterocycles. The molecule has 0 aliphatic carbocycles. The fourth-order valence-electron chi connectivity index (χ4n) is 11.5. The van der Waals surface area contributed by atoms with Crippen molar-refractivity contribution in [2.75, 3.05) is 40.9 Å². The minimum Gasteiger partial charge on any atom is -0.756 e. The molecule has 92 heavy (non-hydrogen) atoms. The summed E-state index contributed by atoms with van der Waals surface area (Å²) in [7, 11) is 1.30. The van der Waals surface area contributed by atoms with Gasteiger partial charge in [0.2, 0.25) is 5.91 Å². The van der Waals surface area contributed by atoms with E-state index < -0.39 is 20.0 Å². The largest absolute Gasteiger partial charge is 0.756 e. The minimum absolute atomic E-state index is 0.00828. The Kier molecular flexibility index (Phi) is 70.2. The Morgan fingerprint density at radius 2 is 0.663 bits per heavy atom. The summed E-state index contributed by atoms with van der Waals surface area (Å²) in [5.74, 6) is -0.167. The Morgan fingerprint density at radius 1 is 0.391 bits per heavy atom. The van der Waals surface area contributed by atoms with E-state index in [-0.39, 0.29) is 19.1 Å². The maximum atomic E-state index is 13.1. The molecule has 3 atom stereocenters. The molecule has 0 saturated heterocycles. The maximum absolute atomic E-state index is 13.1. The normalized spacial score (nSPS) is 14.1. The highest BCUT2D eigenvalue weighted by Crippen LogP contribution is 2.38. The summed E-state index contributed by atoms with van der Waals surface area (Å²) in [6.07, 6.45) is 106. The van der Waals surface area contributed by atoms with E-state index in [1.807, 2.05) is 21.1 Å². The number of hydrogen-bond acceptors (Lipinski definition) is 6. The molecule has 0 fully saturated rings. The van der Waals surface area contributed by atoms with Crippen molar-refractivity contribution in [1.29, 1.82) is 0 Å². The smallest absolute Gasteiger partial charge is 0.268 e. The van der Waals surface area contributed by atoms with Crippen LogP contribution in [0.4, 0.5) is 0 Å². The average Bonchev–Trinajstić information content (AvgIpc) is 2.63. The molecule has 0 radical (unpaired) electrons. The zero-order valence-corrected chi connectivity index (χ0v) is 62.1. The highest BCUT2D eigenvalue weighted by Gasteiger charge is 2.24. The van der Waals surface area contributed by atoms with E-state index in [1.165, 1.54) is 238 Å². The fourth-order valence-corrected chi connectivity index (χ4v) is 12.2. The number of amides is 1. The van der Waals surface area contributed by atoms with Crippen LogP contribution in [0.25, 0.3) is 0 Å². The number of carbonyl (C=O) groups is 1. The predicted octanol–water partition coefficient (Wildman–Crippen LogP) is 25.2. The van der Waals surface area contributed by atoms with Crippen LogP contribution in [0, 0.1) is 0 Å². The molecule has 0 aromatic heterocycles. The van der Waals surface area contributed by atoms with Crippen LogP contribution < -0.4 is 10.2 Å². The number of phosphoric ester groups is 1. The van der Waals surface area contributed by atoms with Gasteiger partial charge in [-0.25, -0.2) is 0 Å². The molecule has 534 valence electrons. The fraction of sp³-hybridized carbons (Fsp3) is 0.771. The van der Waals surface area contributed by atoms with E-state index in [1.54, 1.807) is 0 Å². The number of nitrogens with one attached hydrogen (secondary N) is 1. The number of aliphatic hydroxyl groups is 1. The Morgan fingerprint density at radius 3 is 0.967 bits per heavy atom. The molecule has 0 spiro atoms. The number of phosphoric acid groups is 1. The number of unbranched alkanes of at least 4 members (excludes halogenated alkanes) is 41. The first-order valence-corrected chi connectivity index (χ1v) is 40.7. The second kappa shape index (κ2) is 72.4. The second-order valence-electron chi connectivity index (χ2n) is 27.7. The maximum Gasteiger partial charge on any atom is 0.268 e. The molecule has 9 heteroatoms. The molecule has 1 amide bonds. The lowest BCUT2D eigenvalue weighted by Gasteiger charge is -2.30. The van der Waals surface area contributed by atoms with Crippen molar-refractivity contribution < 1.29 is 32.9 Å². The standard InChI is InChI=1S/C83H151N2O6P/c1-6-8-10-12-14-16-18-20-22-24-26-28-30-32-34-36-38-39-40-41-42-43-44-45-47-49-51-53-55-57-59-61-63-65-67-69-71-73-75-77-83(87)84-81(80-91-92(88,89)90-79-78-85(3,4)5)82(86)76-74-72-70-68-66-64-62-60-58-56-54-52-50-48-46-37-35-33-31-29-27-25-23-21-19-17-15-13-11-9-7-2/h8,10,14,16,20,22,26,28,32,34,38-39,41-42,44-45,49,51,81-82,86H,6-7,9,11-13,15,17-19,21,23-25,27,29-31,33,35-37,40,43,46-48,50,52-80H2,1-5H3,(H-,84,87,88,89)/b10-8-,16-14-,22-20-,28-26-,34-32-,39-38-,42-41-,45-44-,51-49-. The molecule has 0 saturated carbocycles. The second-order valence-corrected chi connectivity index (χ2v) is 29.1. The third-order valence-corrected chi connectivity index (χ3v) is 18.5. The molecular formula is C83H151N2O6P. The number of carbonyl (C=O) groups excluding carboxylic acids is 1. The lowest BCUT2D eigenvalue weighted by molar-refractivity contribution is -0.870. The van der Waals surface area contributed by atoms with Gasteiger partial charge in [0, 0.05) is 6.42 Å². The summed E-state index contributed by atoms with van der Waals surface area (Å²) in [5, 5.41) is 14.1. The van der Waals surface area contributed by atoms with E-state index in [0.29, 0.717) is 23.9 Å². The summed E-state index contributed by atoms with van der Waals surface area (Å²) >= 11 is 0. The highest BCUT2D eigenvalue weighted by molar-refractivity contribution is 7.45. The summed E-state index contributed by atoms with van der Waals surface area (Å²) in [5.41, 5.74) is 0. The SMILES string of the molecule is CC/C=C\C/C=C\C/C=C\C/C=C\C/C=C\C/C=C\C/C=C\C/C=C\C/C=C\CCCCCCCCCCCCCC(=O)NC(COP(=O)([O-])OCC[N+](C)(C)C)C(O)CCCCCCCCCCCCCCCCCCCCCCCCCCCCCCCCC. The van der Waals surface area contributed by atoms with Crippen molar-refractivity contribution in [2.45, 2.75) is 373 Å². The Hall–Kier alpha value is -2.84. The van der Waals surface area contributed by atoms with Crippen LogP contribution in [0.2, 0.25) is 0 Å². The van der Waals surface area contributed by atoms with E-state index >= 15 is 0 Å². The lowest BCUT2D eigenvalue weighted by atomic mass is 10.0. The van der Waals surface area contributed by atoms with Crippen LogP contribution in [0.15, 0.2) is 109 Å². The van der Waals surface area contributed by atoms with Crippen LogP contribution >= 0.6 is 7.82 Å². The van der Waals surface area contributed by atoms with Crippen LogP contribution in [-0.4, -0.2) is 68.5 Å².